The van der Waals surface area contributed by atoms with Crippen molar-refractivity contribution < 1.29 is 0 Å². The largest absolute Gasteiger partial charge is 0.317 e. The van der Waals surface area contributed by atoms with E-state index in [4.69, 9.17) is 0 Å². The van der Waals surface area contributed by atoms with Crippen LogP contribution in [0.25, 0.3) is 0 Å². The highest BCUT2D eigenvalue weighted by Crippen LogP contribution is 2.24. The number of rotatable bonds is 9. The highest BCUT2D eigenvalue weighted by molar-refractivity contribution is 4.91. The van der Waals surface area contributed by atoms with Gasteiger partial charge >= 0.3 is 0 Å². The molecule has 1 aromatic rings. The molecule has 0 aliphatic carbocycles. The van der Waals surface area contributed by atoms with Crippen LogP contribution in [0.4, 0.5) is 0 Å². The van der Waals surface area contributed by atoms with Gasteiger partial charge in [-0.2, -0.15) is 5.10 Å². The number of aryl methyl sites for hydroxylation is 1. The minimum atomic E-state index is 0.277. The van der Waals surface area contributed by atoms with Crippen molar-refractivity contribution in [3.63, 3.8) is 0 Å². The molecule has 1 rings (SSSR count). The van der Waals surface area contributed by atoms with Gasteiger partial charge in [0, 0.05) is 13.0 Å². The Morgan fingerprint density at radius 1 is 1.22 bits per heavy atom. The molecule has 0 saturated carbocycles. The summed E-state index contributed by atoms with van der Waals surface area (Å²) >= 11 is 0. The van der Waals surface area contributed by atoms with E-state index in [0.717, 1.165) is 38.3 Å². The third-order valence-corrected chi connectivity index (χ3v) is 3.17. The molecular formula is C14H28N4. The van der Waals surface area contributed by atoms with E-state index in [-0.39, 0.29) is 5.41 Å². The quantitative estimate of drug-likeness (QED) is 0.687. The van der Waals surface area contributed by atoms with Crippen LogP contribution in [0.5, 0.6) is 0 Å². The molecule has 0 unspecified atom stereocenters. The molecule has 18 heavy (non-hydrogen) atoms. The Labute approximate surface area is 111 Å². The summed E-state index contributed by atoms with van der Waals surface area (Å²) < 4.78 is 2.04. The summed E-state index contributed by atoms with van der Waals surface area (Å²) in [6, 6.07) is 0. The molecule has 0 amide bonds. The second-order valence-electron chi connectivity index (χ2n) is 5.74. The third-order valence-electron chi connectivity index (χ3n) is 3.17. The fourth-order valence-electron chi connectivity index (χ4n) is 2.07. The third kappa shape index (κ3) is 5.17. The highest BCUT2D eigenvalue weighted by atomic mass is 15.3. The molecule has 0 saturated heterocycles. The van der Waals surface area contributed by atoms with Crippen LogP contribution in [0, 0.1) is 5.41 Å². The minimum absolute atomic E-state index is 0.277. The molecule has 0 aliphatic heterocycles. The van der Waals surface area contributed by atoms with Crippen molar-refractivity contribution in [3.05, 3.63) is 12.2 Å². The Kier molecular flexibility index (Phi) is 6.33. The number of nitrogens with zero attached hydrogens (tertiary/aromatic N) is 3. The second kappa shape index (κ2) is 7.52. The van der Waals surface area contributed by atoms with Gasteiger partial charge in [-0.1, -0.05) is 27.7 Å². The van der Waals surface area contributed by atoms with E-state index < -0.39 is 0 Å². The number of nitrogens with one attached hydrogen (secondary N) is 1. The normalized spacial score (nSPS) is 12.0. The summed E-state index contributed by atoms with van der Waals surface area (Å²) in [5.74, 6) is 1.12. The molecule has 0 fully saturated rings. The van der Waals surface area contributed by atoms with Gasteiger partial charge in [0.15, 0.2) is 0 Å². The van der Waals surface area contributed by atoms with E-state index in [1.54, 1.807) is 6.33 Å². The van der Waals surface area contributed by atoms with E-state index in [0.29, 0.717) is 0 Å². The summed E-state index contributed by atoms with van der Waals surface area (Å²) in [5.41, 5.74) is 0.277. The van der Waals surface area contributed by atoms with E-state index in [1.165, 1.54) is 12.8 Å². The average Bonchev–Trinajstić information content (AvgIpc) is 2.72. The molecule has 4 heteroatoms. The van der Waals surface area contributed by atoms with Crippen LogP contribution in [0.2, 0.25) is 0 Å². The Bertz CT molecular complexity index is 330. The van der Waals surface area contributed by atoms with Crippen LogP contribution >= 0.6 is 0 Å². The van der Waals surface area contributed by atoms with Crippen molar-refractivity contribution in [2.45, 2.75) is 59.9 Å². The molecule has 0 radical (unpaired) electrons. The lowest BCUT2D eigenvalue weighted by atomic mass is 9.85. The maximum absolute atomic E-state index is 4.40. The van der Waals surface area contributed by atoms with Gasteiger partial charge in [0.1, 0.15) is 12.2 Å². The van der Waals surface area contributed by atoms with Gasteiger partial charge in [0.2, 0.25) is 0 Å². The monoisotopic (exact) mass is 252 g/mol. The van der Waals surface area contributed by atoms with Gasteiger partial charge in [-0.15, -0.1) is 0 Å². The summed E-state index contributed by atoms with van der Waals surface area (Å²) in [4.78, 5) is 4.40. The lowest BCUT2D eigenvalue weighted by Gasteiger charge is -2.24. The van der Waals surface area contributed by atoms with Crippen LogP contribution < -0.4 is 5.32 Å². The molecular weight excluding hydrogens is 224 g/mol. The Morgan fingerprint density at radius 2 is 2.00 bits per heavy atom. The van der Waals surface area contributed by atoms with Gasteiger partial charge in [-0.05, 0) is 37.8 Å². The first-order chi connectivity index (χ1) is 8.59. The molecule has 1 N–H and O–H groups in total. The molecule has 1 heterocycles. The maximum Gasteiger partial charge on any atom is 0.138 e. The number of aromatic nitrogens is 3. The predicted octanol–water partition coefficient (Wildman–Crippen LogP) is 2.65. The first kappa shape index (κ1) is 15.2. The summed E-state index contributed by atoms with van der Waals surface area (Å²) in [6.45, 7) is 12.2. The van der Waals surface area contributed by atoms with E-state index in [2.05, 4.69) is 43.1 Å². The number of hydrogen-bond acceptors (Lipinski definition) is 3. The molecule has 1 aromatic heterocycles. The fourth-order valence-corrected chi connectivity index (χ4v) is 2.07. The average molecular weight is 252 g/mol. The van der Waals surface area contributed by atoms with Gasteiger partial charge in [0.05, 0.1) is 0 Å². The van der Waals surface area contributed by atoms with Crippen molar-refractivity contribution in [1.29, 1.82) is 0 Å². The molecule has 0 aliphatic rings. The molecule has 0 bridgehead atoms. The fraction of sp³-hybridized carbons (Fsp3) is 0.857. The van der Waals surface area contributed by atoms with Crippen molar-refractivity contribution in [3.8, 4) is 0 Å². The Hall–Kier alpha value is -0.900. The van der Waals surface area contributed by atoms with Crippen LogP contribution in [0.1, 0.15) is 52.8 Å². The molecule has 0 atom stereocenters. The zero-order valence-corrected chi connectivity index (χ0v) is 12.4. The maximum atomic E-state index is 4.40. The van der Waals surface area contributed by atoms with E-state index in [1.807, 2.05) is 4.68 Å². The van der Waals surface area contributed by atoms with Crippen LogP contribution in [-0.4, -0.2) is 27.9 Å². The smallest absolute Gasteiger partial charge is 0.138 e. The lowest BCUT2D eigenvalue weighted by Crippen LogP contribution is -2.25. The Balaban J connectivity index is 2.45. The summed E-state index contributed by atoms with van der Waals surface area (Å²) in [7, 11) is 0. The molecule has 104 valence electrons. The van der Waals surface area contributed by atoms with Crippen LogP contribution in [0.15, 0.2) is 6.33 Å². The van der Waals surface area contributed by atoms with Crippen molar-refractivity contribution in [1.82, 2.24) is 20.1 Å². The van der Waals surface area contributed by atoms with Crippen LogP contribution in [0.3, 0.4) is 0 Å². The Morgan fingerprint density at radius 3 is 2.67 bits per heavy atom. The predicted molar refractivity (Wildman–Crippen MR) is 75.6 cm³/mol. The van der Waals surface area contributed by atoms with Crippen molar-refractivity contribution in [2.75, 3.05) is 13.1 Å². The number of hydrogen-bond donors (Lipinski definition) is 1. The zero-order chi connectivity index (χ0) is 13.4. The van der Waals surface area contributed by atoms with Crippen molar-refractivity contribution in [2.24, 2.45) is 5.41 Å². The molecule has 0 aromatic carbocycles. The standard InChI is InChI=1S/C14H28N4/c1-5-8-15-9-7-14(3,4)11-13-16-12-17-18(13)10-6-2/h12,15H,5-11H2,1-4H3. The van der Waals surface area contributed by atoms with Crippen LogP contribution in [-0.2, 0) is 13.0 Å². The van der Waals surface area contributed by atoms with E-state index in [9.17, 15) is 0 Å². The van der Waals surface area contributed by atoms with Gasteiger partial charge < -0.3 is 5.32 Å². The molecule has 4 nitrogen and oxygen atoms in total. The van der Waals surface area contributed by atoms with Gasteiger partial charge in [-0.25, -0.2) is 4.98 Å². The van der Waals surface area contributed by atoms with E-state index >= 15 is 0 Å². The first-order valence-electron chi connectivity index (χ1n) is 7.16. The summed E-state index contributed by atoms with van der Waals surface area (Å²) in [5, 5.41) is 7.76. The second-order valence-corrected chi connectivity index (χ2v) is 5.74. The highest BCUT2D eigenvalue weighted by Gasteiger charge is 2.21. The zero-order valence-electron chi connectivity index (χ0n) is 12.4. The lowest BCUT2D eigenvalue weighted by molar-refractivity contribution is 0.312. The first-order valence-corrected chi connectivity index (χ1v) is 7.16. The summed E-state index contributed by atoms with van der Waals surface area (Å²) in [6.07, 6.45) is 6.16. The van der Waals surface area contributed by atoms with Crippen molar-refractivity contribution >= 4 is 0 Å². The van der Waals surface area contributed by atoms with Gasteiger partial charge in [-0.3, -0.25) is 4.68 Å². The SMILES string of the molecule is CCCNCCC(C)(C)Cc1ncnn1CCC. The topological polar surface area (TPSA) is 42.7 Å². The minimum Gasteiger partial charge on any atom is -0.317 e. The van der Waals surface area contributed by atoms with Gasteiger partial charge in [0.25, 0.3) is 0 Å². The molecule has 0 spiro atoms.